The molecule has 0 heterocycles. The van der Waals surface area contributed by atoms with Gasteiger partial charge >= 0.3 is 11.9 Å². The van der Waals surface area contributed by atoms with Gasteiger partial charge in [0.2, 0.25) is 0 Å². The van der Waals surface area contributed by atoms with Crippen LogP contribution in [0.25, 0.3) is 0 Å². The van der Waals surface area contributed by atoms with Gasteiger partial charge in [0.25, 0.3) is 0 Å². The van der Waals surface area contributed by atoms with Crippen LogP contribution >= 0.6 is 0 Å². The van der Waals surface area contributed by atoms with Crippen LogP contribution in [0, 0.1) is 5.92 Å². The maximum absolute atomic E-state index is 13.6. The number of hydrogen-bond acceptors (Lipinski definition) is 6. The van der Waals surface area contributed by atoms with Crippen molar-refractivity contribution in [1.29, 1.82) is 0 Å². The Morgan fingerprint density at radius 3 is 2.25 bits per heavy atom. The van der Waals surface area contributed by atoms with Crippen molar-refractivity contribution in [2.24, 2.45) is 5.92 Å². The number of carboxylic acids is 1. The highest BCUT2D eigenvalue weighted by molar-refractivity contribution is 5.90. The molecular formula is C16H19F2O6-. The van der Waals surface area contributed by atoms with E-state index in [9.17, 15) is 23.5 Å². The number of carbonyl (C=O) groups excluding carboxylic acids is 2. The average Bonchev–Trinajstić information content (AvgIpc) is 2.52. The summed E-state index contributed by atoms with van der Waals surface area (Å²) < 4.78 is 42.1. The number of hydrogen-bond donors (Lipinski definition) is 0. The highest BCUT2D eigenvalue weighted by Crippen LogP contribution is 2.28. The van der Waals surface area contributed by atoms with Crippen molar-refractivity contribution in [1.82, 2.24) is 0 Å². The second-order valence-corrected chi connectivity index (χ2v) is 5.26. The predicted octanol–water partition coefficient (Wildman–Crippen LogP) is 1.63. The van der Waals surface area contributed by atoms with Gasteiger partial charge in [0.15, 0.2) is 12.9 Å². The number of carboxylic acid groups (broad SMARTS) is 1. The Morgan fingerprint density at radius 2 is 1.79 bits per heavy atom. The topological polar surface area (TPSA) is 84.9 Å². The van der Waals surface area contributed by atoms with Crippen molar-refractivity contribution in [3.8, 4) is 5.75 Å². The molecule has 24 heavy (non-hydrogen) atoms. The number of halogens is 2. The number of esters is 1. The van der Waals surface area contributed by atoms with E-state index >= 15 is 0 Å². The van der Waals surface area contributed by atoms with E-state index in [1.165, 1.54) is 38.1 Å². The monoisotopic (exact) mass is 345 g/mol. The molecule has 0 spiro atoms. The van der Waals surface area contributed by atoms with Crippen molar-refractivity contribution in [3.63, 3.8) is 0 Å². The third-order valence-electron chi connectivity index (χ3n) is 3.07. The molecule has 0 saturated carbocycles. The number of ether oxygens (including phenoxy) is 3. The first-order valence-corrected chi connectivity index (χ1v) is 7.31. The summed E-state index contributed by atoms with van der Waals surface area (Å²) in [5.74, 6) is -8.44. The van der Waals surface area contributed by atoms with Crippen molar-refractivity contribution in [2.45, 2.75) is 32.8 Å². The number of alkyl halides is 2. The first-order valence-electron chi connectivity index (χ1n) is 7.31. The van der Waals surface area contributed by atoms with Gasteiger partial charge in [-0.25, -0.2) is 4.79 Å². The molecule has 0 amide bonds. The number of aliphatic carboxylic acids is 1. The summed E-state index contributed by atoms with van der Waals surface area (Å²) in [4.78, 5) is 22.5. The van der Waals surface area contributed by atoms with E-state index in [-0.39, 0.29) is 12.4 Å². The minimum atomic E-state index is -4.29. The number of benzene rings is 1. The lowest BCUT2D eigenvalue weighted by molar-refractivity contribution is -0.337. The molecule has 1 aromatic carbocycles. The van der Waals surface area contributed by atoms with Crippen molar-refractivity contribution in [2.75, 3.05) is 13.4 Å². The van der Waals surface area contributed by atoms with Crippen molar-refractivity contribution in [3.05, 3.63) is 29.8 Å². The summed E-state index contributed by atoms with van der Waals surface area (Å²) in [6.07, 6.45) is -2.14. The Bertz CT molecular complexity index is 556. The van der Waals surface area contributed by atoms with Gasteiger partial charge in [-0.3, -0.25) is 0 Å². The minimum absolute atomic E-state index is 0.0152. The lowest BCUT2D eigenvalue weighted by Gasteiger charge is -2.30. The first-order chi connectivity index (χ1) is 11.2. The zero-order valence-corrected chi connectivity index (χ0v) is 13.6. The third kappa shape index (κ3) is 5.16. The average molecular weight is 345 g/mol. The molecule has 0 aromatic heterocycles. The maximum atomic E-state index is 13.6. The quantitative estimate of drug-likeness (QED) is 0.384. The second kappa shape index (κ2) is 8.58. The molecule has 0 N–H and O–H groups in total. The molecule has 8 heteroatoms. The molecule has 0 saturated heterocycles. The van der Waals surface area contributed by atoms with Crippen LogP contribution in [0.3, 0.4) is 0 Å². The maximum Gasteiger partial charge on any atom is 0.338 e. The van der Waals surface area contributed by atoms with Crippen LogP contribution in [-0.2, 0) is 14.3 Å². The Hall–Kier alpha value is -2.22. The molecule has 0 radical (unpaired) electrons. The van der Waals surface area contributed by atoms with E-state index in [2.05, 4.69) is 4.74 Å². The Labute approximate surface area is 138 Å². The second-order valence-electron chi connectivity index (χ2n) is 5.26. The Balaban J connectivity index is 2.80. The van der Waals surface area contributed by atoms with Gasteiger partial charge in [-0.15, -0.1) is 0 Å². The van der Waals surface area contributed by atoms with E-state index < -0.39 is 29.9 Å². The Kier molecular flexibility index (Phi) is 7.09. The fraction of sp³-hybridized carbons (Fsp3) is 0.500. The van der Waals surface area contributed by atoms with E-state index in [0.29, 0.717) is 12.4 Å². The van der Waals surface area contributed by atoms with Crippen LogP contribution in [0.4, 0.5) is 8.78 Å². The molecule has 1 aromatic rings. The normalized spacial score (nSPS) is 12.8. The standard InChI is InChI=1S/C16H20F2O6/c1-4-22-9-23-12-7-5-11(6-8-12)14(19)24-13(10(2)3)16(17,18)15(20)21/h5-8,10,13H,4,9H2,1-3H3,(H,20,21)/p-1. The summed E-state index contributed by atoms with van der Waals surface area (Å²) in [5.41, 5.74) is -0.0152. The molecule has 6 nitrogen and oxygen atoms in total. The van der Waals surface area contributed by atoms with Crippen LogP contribution in [0.15, 0.2) is 24.3 Å². The van der Waals surface area contributed by atoms with Crippen LogP contribution in [0.2, 0.25) is 0 Å². The Morgan fingerprint density at radius 1 is 1.21 bits per heavy atom. The van der Waals surface area contributed by atoms with Gasteiger partial charge in [0, 0.05) is 6.61 Å². The highest BCUT2D eigenvalue weighted by atomic mass is 19.3. The van der Waals surface area contributed by atoms with E-state index in [0.717, 1.165) is 0 Å². The SMILES string of the molecule is CCOCOc1ccc(C(=O)OC(C(C)C)C(F)(F)C(=O)[O-])cc1. The summed E-state index contributed by atoms with van der Waals surface area (Å²) in [5, 5.41) is 10.6. The molecule has 1 atom stereocenters. The molecule has 0 aliphatic carbocycles. The smallest absolute Gasteiger partial charge is 0.338 e. The van der Waals surface area contributed by atoms with E-state index in [1.54, 1.807) is 6.92 Å². The largest absolute Gasteiger partial charge is 0.544 e. The summed E-state index contributed by atoms with van der Waals surface area (Å²) in [7, 11) is 0. The molecule has 1 rings (SSSR count). The summed E-state index contributed by atoms with van der Waals surface area (Å²) >= 11 is 0. The zero-order chi connectivity index (χ0) is 18.3. The zero-order valence-electron chi connectivity index (χ0n) is 13.6. The molecule has 1 unspecified atom stereocenters. The van der Waals surface area contributed by atoms with E-state index in [4.69, 9.17) is 9.47 Å². The number of carbonyl (C=O) groups is 2. The highest BCUT2D eigenvalue weighted by Gasteiger charge is 2.46. The van der Waals surface area contributed by atoms with E-state index in [1.807, 2.05) is 0 Å². The minimum Gasteiger partial charge on any atom is -0.544 e. The molecule has 0 bridgehead atoms. The molecule has 134 valence electrons. The predicted molar refractivity (Wildman–Crippen MR) is 77.6 cm³/mol. The van der Waals surface area contributed by atoms with Gasteiger partial charge in [0.05, 0.1) is 5.56 Å². The summed E-state index contributed by atoms with van der Waals surface area (Å²) in [6, 6.07) is 5.52. The van der Waals surface area contributed by atoms with Gasteiger partial charge in [0.1, 0.15) is 11.7 Å². The van der Waals surface area contributed by atoms with Gasteiger partial charge in [-0.1, -0.05) is 13.8 Å². The summed E-state index contributed by atoms with van der Waals surface area (Å²) in [6.45, 7) is 4.95. The molecule has 0 aliphatic rings. The lowest BCUT2D eigenvalue weighted by Crippen LogP contribution is -2.53. The van der Waals surface area contributed by atoms with Crippen LogP contribution < -0.4 is 9.84 Å². The number of rotatable bonds is 9. The van der Waals surface area contributed by atoms with Crippen LogP contribution in [0.1, 0.15) is 31.1 Å². The van der Waals surface area contributed by atoms with Crippen LogP contribution in [0.5, 0.6) is 5.75 Å². The van der Waals surface area contributed by atoms with Crippen LogP contribution in [-0.4, -0.2) is 37.4 Å². The van der Waals surface area contributed by atoms with Gasteiger partial charge in [-0.2, -0.15) is 8.78 Å². The van der Waals surface area contributed by atoms with Crippen molar-refractivity contribution >= 4 is 11.9 Å². The molecule has 0 fully saturated rings. The fourth-order valence-corrected chi connectivity index (χ4v) is 1.81. The first kappa shape index (κ1) is 19.8. The fourth-order valence-electron chi connectivity index (χ4n) is 1.81. The molecule has 0 aliphatic heterocycles. The van der Waals surface area contributed by atoms with Crippen molar-refractivity contribution < 1.29 is 37.7 Å². The lowest BCUT2D eigenvalue weighted by atomic mass is 10.0. The third-order valence-corrected chi connectivity index (χ3v) is 3.07. The van der Waals surface area contributed by atoms with Gasteiger partial charge in [-0.05, 0) is 37.1 Å². The molecular weight excluding hydrogens is 326 g/mol. The van der Waals surface area contributed by atoms with Gasteiger partial charge < -0.3 is 24.1 Å².